The molecule has 20 heavy (non-hydrogen) atoms. The van der Waals surface area contributed by atoms with E-state index in [1.165, 1.54) is 57.8 Å². The SMILES string of the molecule is CCCCCCCCCCCCN1CC(=O)NCC1=O. The van der Waals surface area contributed by atoms with Crippen molar-refractivity contribution in [3.8, 4) is 0 Å². The highest BCUT2D eigenvalue weighted by atomic mass is 16.2. The Morgan fingerprint density at radius 3 is 2.05 bits per heavy atom. The molecule has 2 amide bonds. The number of piperazine rings is 1. The number of hydrogen-bond acceptors (Lipinski definition) is 2. The molecule has 0 bridgehead atoms. The van der Waals surface area contributed by atoms with Crippen molar-refractivity contribution in [1.29, 1.82) is 0 Å². The molecule has 1 rings (SSSR count). The highest BCUT2D eigenvalue weighted by molar-refractivity contribution is 5.92. The summed E-state index contributed by atoms with van der Waals surface area (Å²) in [7, 11) is 0. The molecule has 0 aromatic rings. The van der Waals surface area contributed by atoms with E-state index in [4.69, 9.17) is 0 Å². The first-order valence-electron chi connectivity index (χ1n) is 8.28. The van der Waals surface area contributed by atoms with Crippen molar-refractivity contribution in [3.05, 3.63) is 0 Å². The zero-order valence-electron chi connectivity index (χ0n) is 13.0. The molecular formula is C16H30N2O2. The molecule has 1 saturated heterocycles. The monoisotopic (exact) mass is 282 g/mol. The Kier molecular flexibility index (Phi) is 9.09. The molecule has 116 valence electrons. The van der Waals surface area contributed by atoms with E-state index < -0.39 is 0 Å². The van der Waals surface area contributed by atoms with E-state index in [9.17, 15) is 9.59 Å². The molecule has 1 aliphatic rings. The van der Waals surface area contributed by atoms with Crippen molar-refractivity contribution < 1.29 is 9.59 Å². The highest BCUT2D eigenvalue weighted by Gasteiger charge is 2.21. The number of nitrogens with zero attached hydrogens (tertiary/aromatic N) is 1. The molecule has 0 aliphatic carbocycles. The lowest BCUT2D eigenvalue weighted by molar-refractivity contribution is -0.140. The maximum absolute atomic E-state index is 11.5. The number of rotatable bonds is 11. The van der Waals surface area contributed by atoms with Gasteiger partial charge in [-0.2, -0.15) is 0 Å². The minimum Gasteiger partial charge on any atom is -0.345 e. The van der Waals surface area contributed by atoms with Crippen LogP contribution in [0.25, 0.3) is 0 Å². The molecular weight excluding hydrogens is 252 g/mol. The van der Waals surface area contributed by atoms with Crippen molar-refractivity contribution >= 4 is 11.8 Å². The summed E-state index contributed by atoms with van der Waals surface area (Å²) < 4.78 is 0. The fourth-order valence-electron chi connectivity index (χ4n) is 2.60. The molecule has 0 unspecified atom stereocenters. The van der Waals surface area contributed by atoms with Crippen LogP contribution in [0.4, 0.5) is 0 Å². The Morgan fingerprint density at radius 2 is 1.45 bits per heavy atom. The van der Waals surface area contributed by atoms with E-state index in [-0.39, 0.29) is 24.9 Å². The third-order valence-corrected chi connectivity index (χ3v) is 3.91. The summed E-state index contributed by atoms with van der Waals surface area (Å²) in [5, 5.41) is 2.57. The molecule has 4 heteroatoms. The Bertz CT molecular complexity index is 292. The molecule has 0 spiro atoms. The number of carbonyl (C=O) groups excluding carboxylic acids is 2. The van der Waals surface area contributed by atoms with Gasteiger partial charge in [0.15, 0.2) is 0 Å². The Morgan fingerprint density at radius 1 is 0.900 bits per heavy atom. The molecule has 1 heterocycles. The van der Waals surface area contributed by atoms with Gasteiger partial charge in [0.05, 0.1) is 13.1 Å². The minimum absolute atomic E-state index is 0.0309. The second-order valence-corrected chi connectivity index (χ2v) is 5.77. The number of amides is 2. The van der Waals surface area contributed by atoms with E-state index in [2.05, 4.69) is 12.2 Å². The summed E-state index contributed by atoms with van der Waals surface area (Å²) in [5.41, 5.74) is 0. The van der Waals surface area contributed by atoms with E-state index in [0.717, 1.165) is 13.0 Å². The van der Waals surface area contributed by atoms with Gasteiger partial charge in [-0.05, 0) is 6.42 Å². The molecule has 1 N–H and O–H groups in total. The quantitative estimate of drug-likeness (QED) is 0.592. The summed E-state index contributed by atoms with van der Waals surface area (Å²) in [6.07, 6.45) is 12.9. The molecule has 0 aromatic carbocycles. The van der Waals surface area contributed by atoms with Crippen LogP contribution in [-0.4, -0.2) is 36.3 Å². The van der Waals surface area contributed by atoms with Gasteiger partial charge in [-0.1, -0.05) is 64.7 Å². The van der Waals surface area contributed by atoms with Crippen molar-refractivity contribution in [2.45, 2.75) is 71.1 Å². The van der Waals surface area contributed by atoms with Gasteiger partial charge in [0.1, 0.15) is 0 Å². The summed E-state index contributed by atoms with van der Waals surface area (Å²) in [6.45, 7) is 3.41. The van der Waals surface area contributed by atoms with Crippen molar-refractivity contribution in [3.63, 3.8) is 0 Å². The van der Waals surface area contributed by atoms with E-state index in [1.54, 1.807) is 4.90 Å². The molecule has 1 aliphatic heterocycles. The van der Waals surface area contributed by atoms with Crippen LogP contribution < -0.4 is 5.32 Å². The van der Waals surface area contributed by atoms with Gasteiger partial charge in [-0.3, -0.25) is 9.59 Å². The maximum atomic E-state index is 11.5. The van der Waals surface area contributed by atoms with Crippen LogP contribution in [0.2, 0.25) is 0 Å². The second kappa shape index (κ2) is 10.7. The topological polar surface area (TPSA) is 49.4 Å². The fraction of sp³-hybridized carbons (Fsp3) is 0.875. The van der Waals surface area contributed by atoms with Crippen LogP contribution >= 0.6 is 0 Å². The van der Waals surface area contributed by atoms with Gasteiger partial charge in [-0.25, -0.2) is 0 Å². The van der Waals surface area contributed by atoms with Gasteiger partial charge in [0.2, 0.25) is 11.8 Å². The molecule has 0 radical (unpaired) electrons. The molecule has 0 aromatic heterocycles. The third kappa shape index (κ3) is 7.51. The normalized spacial score (nSPS) is 15.6. The number of unbranched alkanes of at least 4 members (excludes halogenated alkanes) is 9. The van der Waals surface area contributed by atoms with Gasteiger partial charge >= 0.3 is 0 Å². The zero-order chi connectivity index (χ0) is 14.6. The smallest absolute Gasteiger partial charge is 0.242 e. The Labute approximate surface area is 123 Å². The summed E-state index contributed by atoms with van der Waals surface area (Å²) >= 11 is 0. The van der Waals surface area contributed by atoms with Crippen LogP contribution in [0.5, 0.6) is 0 Å². The van der Waals surface area contributed by atoms with Crippen molar-refractivity contribution in [1.82, 2.24) is 10.2 Å². The second-order valence-electron chi connectivity index (χ2n) is 5.77. The first kappa shape index (κ1) is 17.0. The summed E-state index contributed by atoms with van der Waals surface area (Å²) in [6, 6.07) is 0. The largest absolute Gasteiger partial charge is 0.345 e. The lowest BCUT2D eigenvalue weighted by atomic mass is 10.1. The predicted molar refractivity (Wildman–Crippen MR) is 81.4 cm³/mol. The van der Waals surface area contributed by atoms with Crippen molar-refractivity contribution in [2.24, 2.45) is 0 Å². The van der Waals surface area contributed by atoms with Gasteiger partial charge in [0, 0.05) is 6.54 Å². The average Bonchev–Trinajstić information content (AvgIpc) is 2.44. The number of carbonyl (C=O) groups is 2. The van der Waals surface area contributed by atoms with Crippen LogP contribution in [0, 0.1) is 0 Å². The highest BCUT2D eigenvalue weighted by Crippen LogP contribution is 2.11. The Hall–Kier alpha value is -1.06. The van der Waals surface area contributed by atoms with Gasteiger partial charge in [-0.15, -0.1) is 0 Å². The lowest BCUT2D eigenvalue weighted by Gasteiger charge is -2.26. The summed E-state index contributed by atoms with van der Waals surface area (Å²) in [4.78, 5) is 24.4. The van der Waals surface area contributed by atoms with Crippen LogP contribution in [0.1, 0.15) is 71.1 Å². The lowest BCUT2D eigenvalue weighted by Crippen LogP contribution is -2.51. The first-order chi connectivity index (χ1) is 9.74. The predicted octanol–water partition coefficient (Wildman–Crippen LogP) is 2.87. The third-order valence-electron chi connectivity index (χ3n) is 3.91. The van der Waals surface area contributed by atoms with Crippen LogP contribution in [0.15, 0.2) is 0 Å². The standard InChI is InChI=1S/C16H30N2O2/c1-2-3-4-5-6-7-8-9-10-11-12-18-14-15(19)17-13-16(18)20/h2-14H2,1H3,(H,17,19). The maximum Gasteiger partial charge on any atom is 0.242 e. The van der Waals surface area contributed by atoms with E-state index in [1.807, 2.05) is 0 Å². The first-order valence-corrected chi connectivity index (χ1v) is 8.28. The average molecular weight is 282 g/mol. The molecule has 4 nitrogen and oxygen atoms in total. The molecule has 1 fully saturated rings. The molecule has 0 saturated carbocycles. The van der Waals surface area contributed by atoms with Gasteiger partial charge < -0.3 is 10.2 Å². The molecule has 0 atom stereocenters. The van der Waals surface area contributed by atoms with Gasteiger partial charge in [0.25, 0.3) is 0 Å². The van der Waals surface area contributed by atoms with Crippen LogP contribution in [-0.2, 0) is 9.59 Å². The van der Waals surface area contributed by atoms with Crippen LogP contribution in [0.3, 0.4) is 0 Å². The minimum atomic E-state index is -0.0309. The Balaban J connectivity index is 1.89. The number of hydrogen-bond donors (Lipinski definition) is 1. The van der Waals surface area contributed by atoms with E-state index in [0.29, 0.717) is 0 Å². The fourth-order valence-corrected chi connectivity index (χ4v) is 2.60. The number of nitrogens with one attached hydrogen (secondary N) is 1. The van der Waals surface area contributed by atoms with Crippen molar-refractivity contribution in [2.75, 3.05) is 19.6 Å². The summed E-state index contributed by atoms with van der Waals surface area (Å²) in [5.74, 6) is 0.0252. The van der Waals surface area contributed by atoms with E-state index >= 15 is 0 Å². The zero-order valence-corrected chi connectivity index (χ0v) is 13.0.